The third-order valence-corrected chi connectivity index (χ3v) is 8.55. The molecule has 1 heteroatoms. The minimum absolute atomic E-state index is 0.349. The van der Waals surface area contributed by atoms with Crippen molar-refractivity contribution in [2.75, 3.05) is 0 Å². The fourth-order valence-corrected chi connectivity index (χ4v) is 7.21. The summed E-state index contributed by atoms with van der Waals surface area (Å²) in [4.78, 5) is 13.0. The van der Waals surface area contributed by atoms with Gasteiger partial charge in [0.1, 0.15) is 0 Å². The molecule has 0 bridgehead atoms. The highest BCUT2D eigenvalue weighted by Gasteiger charge is 2.59. The van der Waals surface area contributed by atoms with E-state index < -0.39 is 0 Å². The van der Waals surface area contributed by atoms with Crippen LogP contribution in [0.4, 0.5) is 0 Å². The van der Waals surface area contributed by atoms with Crippen LogP contribution < -0.4 is 0 Å². The van der Waals surface area contributed by atoms with Gasteiger partial charge in [-0.3, -0.25) is 4.79 Å². The molecule has 6 unspecified atom stereocenters. The maximum Gasteiger partial charge on any atom is 0.159 e. The number of fused-ring (bicyclic) bond motifs is 5. The monoisotopic (exact) mass is 300 g/mol. The van der Waals surface area contributed by atoms with Crippen LogP contribution in [0, 0.1) is 34.5 Å². The van der Waals surface area contributed by atoms with E-state index in [9.17, 15) is 4.79 Å². The van der Waals surface area contributed by atoms with Gasteiger partial charge in [0, 0.05) is 5.92 Å². The fourth-order valence-electron chi connectivity index (χ4n) is 7.21. The first-order valence-electron chi connectivity index (χ1n) is 9.75. The van der Waals surface area contributed by atoms with Crippen molar-refractivity contribution in [3.63, 3.8) is 0 Å². The van der Waals surface area contributed by atoms with Crippen molar-refractivity contribution in [3.05, 3.63) is 11.6 Å². The average molecular weight is 300 g/mol. The van der Waals surface area contributed by atoms with Crippen molar-refractivity contribution in [1.82, 2.24) is 0 Å². The molecular formula is C21H32O. The van der Waals surface area contributed by atoms with Gasteiger partial charge in [-0.05, 0) is 79.6 Å². The molecule has 3 fully saturated rings. The maximum absolute atomic E-state index is 13.0. The smallest absolute Gasteiger partial charge is 0.159 e. The van der Waals surface area contributed by atoms with Crippen molar-refractivity contribution < 1.29 is 4.79 Å². The Balaban J connectivity index is 1.74. The third kappa shape index (κ3) is 1.80. The molecule has 4 aliphatic carbocycles. The molecular weight excluding hydrogens is 268 g/mol. The second-order valence-electron chi connectivity index (χ2n) is 9.16. The Hall–Kier alpha value is -0.590. The third-order valence-electron chi connectivity index (χ3n) is 8.55. The molecule has 0 aliphatic heterocycles. The summed E-state index contributed by atoms with van der Waals surface area (Å²) in [7, 11) is 0. The summed E-state index contributed by atoms with van der Waals surface area (Å²) < 4.78 is 0. The van der Waals surface area contributed by atoms with E-state index in [1.165, 1.54) is 63.4 Å². The lowest BCUT2D eigenvalue weighted by atomic mass is 9.47. The summed E-state index contributed by atoms with van der Waals surface area (Å²) in [5, 5.41) is 0. The van der Waals surface area contributed by atoms with Crippen LogP contribution in [0.25, 0.3) is 0 Å². The number of rotatable bonds is 1. The summed E-state index contributed by atoms with van der Waals surface area (Å²) in [6.07, 6.45) is 13.9. The van der Waals surface area contributed by atoms with Crippen LogP contribution in [0.1, 0.15) is 78.6 Å². The first-order valence-corrected chi connectivity index (χ1v) is 9.75. The fraction of sp³-hybridized carbons (Fsp3) is 0.857. The molecule has 1 nitrogen and oxygen atoms in total. The number of carbonyl (C=O) groups is 1. The lowest BCUT2D eigenvalue weighted by molar-refractivity contribution is -0.133. The van der Waals surface area contributed by atoms with E-state index in [2.05, 4.69) is 26.8 Å². The van der Waals surface area contributed by atoms with Gasteiger partial charge in [0.15, 0.2) is 5.78 Å². The Morgan fingerprint density at radius 1 is 1.09 bits per heavy atom. The molecule has 0 amide bonds. The SMILES string of the molecule is CCC1CCC2C3C(=O)C=C4CCCCC4(C)C3CCC12C. The molecule has 0 spiro atoms. The zero-order valence-corrected chi connectivity index (χ0v) is 14.7. The highest BCUT2D eigenvalue weighted by atomic mass is 16.1. The predicted octanol–water partition coefficient (Wildman–Crippen LogP) is 5.54. The summed E-state index contributed by atoms with van der Waals surface area (Å²) in [6.45, 7) is 7.37. The Morgan fingerprint density at radius 2 is 1.91 bits per heavy atom. The topological polar surface area (TPSA) is 17.1 Å². The Bertz CT molecular complexity index is 518. The first-order chi connectivity index (χ1) is 10.5. The molecule has 0 heterocycles. The Morgan fingerprint density at radius 3 is 2.68 bits per heavy atom. The zero-order valence-electron chi connectivity index (χ0n) is 14.7. The minimum Gasteiger partial charge on any atom is -0.295 e. The van der Waals surface area contributed by atoms with Gasteiger partial charge in [-0.25, -0.2) is 0 Å². The predicted molar refractivity (Wildman–Crippen MR) is 90.5 cm³/mol. The molecule has 0 aromatic heterocycles. The number of ketones is 1. The van der Waals surface area contributed by atoms with Crippen molar-refractivity contribution in [3.8, 4) is 0 Å². The van der Waals surface area contributed by atoms with Crippen LogP contribution in [0.2, 0.25) is 0 Å². The van der Waals surface area contributed by atoms with Crippen LogP contribution in [-0.4, -0.2) is 5.78 Å². The molecule has 0 saturated heterocycles. The van der Waals surface area contributed by atoms with Gasteiger partial charge in [0.25, 0.3) is 0 Å². The van der Waals surface area contributed by atoms with Gasteiger partial charge in [0.2, 0.25) is 0 Å². The number of hydrogen-bond donors (Lipinski definition) is 0. The molecule has 0 radical (unpaired) electrons. The van der Waals surface area contributed by atoms with Gasteiger partial charge in [-0.15, -0.1) is 0 Å². The van der Waals surface area contributed by atoms with E-state index in [1.807, 2.05) is 0 Å². The van der Waals surface area contributed by atoms with Gasteiger partial charge >= 0.3 is 0 Å². The number of hydrogen-bond acceptors (Lipinski definition) is 1. The van der Waals surface area contributed by atoms with Gasteiger partial charge in [-0.1, -0.05) is 39.2 Å². The quantitative estimate of drug-likeness (QED) is 0.621. The normalized spacial score (nSPS) is 50.9. The largest absolute Gasteiger partial charge is 0.295 e. The number of allylic oxidation sites excluding steroid dienone is 2. The molecule has 0 N–H and O–H groups in total. The van der Waals surface area contributed by atoms with Crippen LogP contribution in [0.5, 0.6) is 0 Å². The molecule has 3 saturated carbocycles. The Kier molecular flexibility index (Phi) is 3.37. The van der Waals surface area contributed by atoms with Crippen molar-refractivity contribution >= 4 is 5.78 Å². The summed E-state index contributed by atoms with van der Waals surface area (Å²) in [6, 6.07) is 0. The van der Waals surface area contributed by atoms with Crippen LogP contribution in [0.3, 0.4) is 0 Å². The molecule has 0 aromatic carbocycles. The van der Waals surface area contributed by atoms with E-state index >= 15 is 0 Å². The standard InChI is InChI=1S/C21H32O/c1-4-14-8-9-16-19-17(10-12-21(14,16)3)20(2)11-6-5-7-15(20)13-18(19)22/h13-14,16-17,19H,4-12H2,1-3H3. The minimum atomic E-state index is 0.349. The summed E-state index contributed by atoms with van der Waals surface area (Å²) in [5.74, 6) is 3.03. The summed E-state index contributed by atoms with van der Waals surface area (Å²) in [5.41, 5.74) is 2.31. The first kappa shape index (κ1) is 15.0. The Labute approximate surface area is 135 Å². The second-order valence-corrected chi connectivity index (χ2v) is 9.16. The van der Waals surface area contributed by atoms with Gasteiger partial charge in [-0.2, -0.15) is 0 Å². The van der Waals surface area contributed by atoms with Crippen molar-refractivity contribution in [2.24, 2.45) is 34.5 Å². The van der Waals surface area contributed by atoms with Crippen LogP contribution in [-0.2, 0) is 4.79 Å². The lowest BCUT2D eigenvalue weighted by Crippen LogP contribution is -2.52. The van der Waals surface area contributed by atoms with E-state index in [1.54, 1.807) is 0 Å². The average Bonchev–Trinajstić information content (AvgIpc) is 2.84. The molecule has 4 rings (SSSR count). The molecule has 6 atom stereocenters. The van der Waals surface area contributed by atoms with Crippen LogP contribution in [0.15, 0.2) is 11.6 Å². The molecule has 0 aromatic rings. The van der Waals surface area contributed by atoms with Gasteiger partial charge < -0.3 is 0 Å². The zero-order chi connectivity index (χ0) is 15.5. The second kappa shape index (κ2) is 4.95. The maximum atomic E-state index is 13.0. The molecule has 4 aliphatic rings. The van der Waals surface area contributed by atoms with E-state index in [4.69, 9.17) is 0 Å². The van der Waals surface area contributed by atoms with E-state index in [0.29, 0.717) is 34.4 Å². The van der Waals surface area contributed by atoms with Crippen molar-refractivity contribution in [1.29, 1.82) is 0 Å². The molecule has 122 valence electrons. The van der Waals surface area contributed by atoms with Gasteiger partial charge in [0.05, 0.1) is 0 Å². The highest BCUT2D eigenvalue weighted by molar-refractivity contribution is 5.94. The highest BCUT2D eigenvalue weighted by Crippen LogP contribution is 2.65. The van der Waals surface area contributed by atoms with E-state index in [-0.39, 0.29) is 0 Å². The summed E-state index contributed by atoms with van der Waals surface area (Å²) >= 11 is 0. The van der Waals surface area contributed by atoms with Crippen molar-refractivity contribution in [2.45, 2.75) is 78.6 Å². The van der Waals surface area contributed by atoms with E-state index in [0.717, 1.165) is 5.92 Å². The van der Waals surface area contributed by atoms with Crippen LogP contribution >= 0.6 is 0 Å². The number of carbonyl (C=O) groups excluding carboxylic acids is 1. The molecule has 22 heavy (non-hydrogen) atoms. The lowest BCUT2D eigenvalue weighted by Gasteiger charge is -2.56.